The predicted octanol–water partition coefficient (Wildman–Crippen LogP) is 0.228. The zero-order valence-corrected chi connectivity index (χ0v) is 11.4. The molecule has 3 rings (SSSR count). The molecule has 3 heterocycles. The van der Waals surface area contributed by atoms with Crippen molar-refractivity contribution in [3.8, 4) is 0 Å². The van der Waals surface area contributed by atoms with E-state index < -0.39 is 0 Å². The third kappa shape index (κ3) is 2.21. The summed E-state index contributed by atoms with van der Waals surface area (Å²) in [5, 5.41) is 5.96. The third-order valence-corrected chi connectivity index (χ3v) is 4.36. The molecule has 100 valence electrons. The largest absolute Gasteiger partial charge is 0.345 e. The monoisotopic (exact) mass is 278 g/mol. The summed E-state index contributed by atoms with van der Waals surface area (Å²) < 4.78 is 2.56. The average molecular weight is 278 g/mol. The molecule has 0 aromatic carbocycles. The standard InChI is InChI=1S/C12H14N4O2S/c1-14-8-13-16(12(14)18)7-11(17)15-4-2-10-9(6-15)3-5-19-10/h3,5,8H,2,4,6-7H2,1H3. The number of aryl methyl sites for hydroxylation is 1. The first-order chi connectivity index (χ1) is 9.15. The molecular formula is C12H14N4O2S. The van der Waals surface area contributed by atoms with E-state index in [4.69, 9.17) is 0 Å². The van der Waals surface area contributed by atoms with E-state index in [-0.39, 0.29) is 18.1 Å². The van der Waals surface area contributed by atoms with Crippen LogP contribution in [0.3, 0.4) is 0 Å². The average Bonchev–Trinajstić information content (AvgIpc) is 2.99. The minimum absolute atomic E-state index is 0.0130. The third-order valence-electron chi connectivity index (χ3n) is 3.33. The minimum atomic E-state index is -0.262. The van der Waals surface area contributed by atoms with E-state index in [1.807, 2.05) is 0 Å². The molecule has 0 spiro atoms. The van der Waals surface area contributed by atoms with Crippen molar-refractivity contribution < 1.29 is 4.79 Å². The highest BCUT2D eigenvalue weighted by atomic mass is 32.1. The number of carbonyl (C=O) groups is 1. The summed E-state index contributed by atoms with van der Waals surface area (Å²) >= 11 is 1.74. The van der Waals surface area contributed by atoms with Crippen molar-refractivity contribution in [1.29, 1.82) is 0 Å². The quantitative estimate of drug-likeness (QED) is 0.790. The summed E-state index contributed by atoms with van der Waals surface area (Å²) in [6.07, 6.45) is 2.32. The Balaban J connectivity index is 1.72. The van der Waals surface area contributed by atoms with Crippen molar-refractivity contribution in [2.75, 3.05) is 6.54 Å². The van der Waals surface area contributed by atoms with E-state index in [1.165, 1.54) is 26.0 Å². The first kappa shape index (κ1) is 12.2. The Hall–Kier alpha value is -1.89. The fourth-order valence-electron chi connectivity index (χ4n) is 2.22. The van der Waals surface area contributed by atoms with Gasteiger partial charge in [0.1, 0.15) is 12.9 Å². The number of carbonyl (C=O) groups excluding carboxylic acids is 1. The number of aromatic nitrogens is 3. The molecule has 0 atom stereocenters. The van der Waals surface area contributed by atoms with Crippen molar-refractivity contribution in [2.45, 2.75) is 19.5 Å². The van der Waals surface area contributed by atoms with Crippen LogP contribution in [0, 0.1) is 0 Å². The number of hydrogen-bond acceptors (Lipinski definition) is 4. The highest BCUT2D eigenvalue weighted by Crippen LogP contribution is 2.23. The van der Waals surface area contributed by atoms with Crippen molar-refractivity contribution in [1.82, 2.24) is 19.2 Å². The second-order valence-corrected chi connectivity index (χ2v) is 5.62. The van der Waals surface area contributed by atoms with Crippen LogP contribution in [0.4, 0.5) is 0 Å². The van der Waals surface area contributed by atoms with Gasteiger partial charge in [-0.15, -0.1) is 11.3 Å². The molecule has 0 saturated heterocycles. The summed E-state index contributed by atoms with van der Waals surface area (Å²) in [6.45, 7) is 1.37. The van der Waals surface area contributed by atoms with Crippen molar-refractivity contribution in [2.24, 2.45) is 7.05 Å². The number of hydrogen-bond donors (Lipinski definition) is 0. The number of thiophene rings is 1. The van der Waals surface area contributed by atoms with Crippen molar-refractivity contribution in [3.05, 3.63) is 38.7 Å². The second kappa shape index (κ2) is 4.65. The minimum Gasteiger partial charge on any atom is -0.336 e. The van der Waals surface area contributed by atoms with Crippen LogP contribution in [-0.4, -0.2) is 31.7 Å². The highest BCUT2D eigenvalue weighted by Gasteiger charge is 2.22. The summed E-state index contributed by atoms with van der Waals surface area (Å²) in [5.41, 5.74) is 0.958. The maximum Gasteiger partial charge on any atom is 0.345 e. The molecule has 6 nitrogen and oxygen atoms in total. The van der Waals surface area contributed by atoms with Gasteiger partial charge in [0.15, 0.2) is 0 Å². The van der Waals surface area contributed by atoms with Crippen LogP contribution in [0.5, 0.6) is 0 Å². The Morgan fingerprint density at radius 2 is 2.37 bits per heavy atom. The molecule has 1 amide bonds. The first-order valence-corrected chi connectivity index (χ1v) is 6.94. The Kier molecular flexibility index (Phi) is 2.98. The van der Waals surface area contributed by atoms with Gasteiger partial charge in [0.25, 0.3) is 0 Å². The van der Waals surface area contributed by atoms with Gasteiger partial charge in [0, 0.05) is 25.0 Å². The number of nitrogens with zero attached hydrogens (tertiary/aromatic N) is 4. The lowest BCUT2D eigenvalue weighted by Gasteiger charge is -2.26. The fourth-order valence-corrected chi connectivity index (χ4v) is 3.11. The Labute approximate surface area is 113 Å². The van der Waals surface area contributed by atoms with Crippen LogP contribution in [0.25, 0.3) is 0 Å². The van der Waals surface area contributed by atoms with Gasteiger partial charge in [-0.1, -0.05) is 0 Å². The summed E-state index contributed by atoms with van der Waals surface area (Å²) in [5.74, 6) is -0.0577. The zero-order chi connectivity index (χ0) is 13.4. The van der Waals surface area contributed by atoms with E-state index in [0.29, 0.717) is 13.1 Å². The van der Waals surface area contributed by atoms with Crippen LogP contribution in [0.1, 0.15) is 10.4 Å². The van der Waals surface area contributed by atoms with Crippen molar-refractivity contribution in [3.63, 3.8) is 0 Å². The van der Waals surface area contributed by atoms with Gasteiger partial charge in [-0.2, -0.15) is 5.10 Å². The SMILES string of the molecule is Cn1cnn(CC(=O)N2CCc3sccc3C2)c1=O. The predicted molar refractivity (Wildman–Crippen MR) is 70.9 cm³/mol. The molecule has 0 aliphatic carbocycles. The zero-order valence-electron chi connectivity index (χ0n) is 10.6. The molecule has 1 aliphatic heterocycles. The normalized spacial score (nSPS) is 14.5. The maximum atomic E-state index is 12.2. The van der Waals surface area contributed by atoms with Crippen LogP contribution < -0.4 is 5.69 Å². The lowest BCUT2D eigenvalue weighted by molar-refractivity contribution is -0.133. The highest BCUT2D eigenvalue weighted by molar-refractivity contribution is 7.10. The topological polar surface area (TPSA) is 60.1 Å². The molecule has 2 aromatic heterocycles. The molecule has 0 fully saturated rings. The summed E-state index contributed by atoms with van der Waals surface area (Å²) in [7, 11) is 1.62. The molecule has 0 unspecified atom stereocenters. The smallest absolute Gasteiger partial charge is 0.336 e. The number of amides is 1. The molecule has 0 saturated carbocycles. The Morgan fingerprint density at radius 3 is 3.11 bits per heavy atom. The van der Waals surface area contributed by atoms with E-state index >= 15 is 0 Å². The maximum absolute atomic E-state index is 12.2. The van der Waals surface area contributed by atoms with Gasteiger partial charge in [-0.25, -0.2) is 9.48 Å². The second-order valence-electron chi connectivity index (χ2n) is 4.62. The first-order valence-electron chi connectivity index (χ1n) is 6.06. The van der Waals surface area contributed by atoms with Crippen LogP contribution in [0.15, 0.2) is 22.6 Å². The van der Waals surface area contributed by atoms with Gasteiger partial charge in [-0.05, 0) is 23.4 Å². The summed E-state index contributed by atoms with van der Waals surface area (Å²) in [4.78, 5) is 27.0. The van der Waals surface area contributed by atoms with Gasteiger partial charge in [0.05, 0.1) is 0 Å². The molecule has 7 heteroatoms. The number of rotatable bonds is 2. The van der Waals surface area contributed by atoms with Crippen molar-refractivity contribution >= 4 is 17.2 Å². The van der Waals surface area contributed by atoms with Crippen LogP contribution in [-0.2, 0) is 31.4 Å². The fraction of sp³-hybridized carbons (Fsp3) is 0.417. The Bertz CT molecular complexity index is 669. The van der Waals surface area contributed by atoms with E-state index in [9.17, 15) is 9.59 Å². The molecule has 0 N–H and O–H groups in total. The number of fused-ring (bicyclic) bond motifs is 1. The molecule has 0 bridgehead atoms. The van der Waals surface area contributed by atoms with E-state index in [2.05, 4.69) is 16.5 Å². The summed E-state index contributed by atoms with van der Waals surface area (Å²) in [6, 6.07) is 2.06. The van der Waals surface area contributed by atoms with Gasteiger partial charge >= 0.3 is 5.69 Å². The molecule has 2 aromatic rings. The van der Waals surface area contributed by atoms with E-state index in [0.717, 1.165) is 6.42 Å². The van der Waals surface area contributed by atoms with Crippen LogP contribution >= 0.6 is 11.3 Å². The van der Waals surface area contributed by atoms with Gasteiger partial charge < -0.3 is 4.90 Å². The Morgan fingerprint density at radius 1 is 1.53 bits per heavy atom. The van der Waals surface area contributed by atoms with E-state index in [1.54, 1.807) is 23.3 Å². The molecule has 0 radical (unpaired) electrons. The van der Waals surface area contributed by atoms with Gasteiger partial charge in [0.2, 0.25) is 5.91 Å². The molecule has 1 aliphatic rings. The van der Waals surface area contributed by atoms with Gasteiger partial charge in [-0.3, -0.25) is 9.36 Å². The molecule has 19 heavy (non-hydrogen) atoms. The molecular weight excluding hydrogens is 264 g/mol. The van der Waals surface area contributed by atoms with Crippen LogP contribution in [0.2, 0.25) is 0 Å². The lowest BCUT2D eigenvalue weighted by atomic mass is 10.1. The lowest BCUT2D eigenvalue weighted by Crippen LogP contribution is -2.39.